The van der Waals surface area contributed by atoms with Crippen LogP contribution in [0.4, 0.5) is 0 Å². The third-order valence-electron chi connectivity index (χ3n) is 43.4. The highest BCUT2D eigenvalue weighted by Gasteiger charge is 2.65. The number of aliphatic hydroxyl groups is 1. The zero-order valence-electron chi connectivity index (χ0n) is 83.4. The van der Waals surface area contributed by atoms with Crippen molar-refractivity contribution in [3.05, 3.63) is 46.6 Å². The first-order valence-corrected chi connectivity index (χ1v) is 53.5. The van der Waals surface area contributed by atoms with Gasteiger partial charge in [-0.1, -0.05) is 244 Å². The van der Waals surface area contributed by atoms with Crippen LogP contribution in [-0.4, -0.2) is 50.9 Å². The molecule has 16 aliphatic carbocycles. The molecular weight excluding hydrogens is 1450 g/mol. The summed E-state index contributed by atoms with van der Waals surface area (Å²) in [5.41, 5.74) is 11.3. The number of fused-ring (bicyclic) bond motifs is 20. The maximum Gasteiger partial charge on any atom is 0.0608 e. The van der Waals surface area contributed by atoms with Gasteiger partial charge in [0.25, 0.3) is 0 Å². The number of ether oxygens (including phenoxy) is 3. The average Bonchev–Trinajstić information content (AvgIpc) is 1.42. The predicted octanol–water partition coefficient (Wildman–Crippen LogP) is 32.8. The van der Waals surface area contributed by atoms with Crippen molar-refractivity contribution < 1.29 is 19.3 Å². The van der Waals surface area contributed by atoms with Crippen LogP contribution in [-0.2, 0) is 14.2 Å². The lowest BCUT2D eigenvalue weighted by atomic mass is 9.44. The van der Waals surface area contributed by atoms with Crippen molar-refractivity contribution in [1.29, 1.82) is 0 Å². The normalized spacial score (nSPS) is 45.6. The molecule has 0 amide bonds. The topological polar surface area (TPSA) is 47.9 Å². The van der Waals surface area contributed by atoms with Gasteiger partial charge >= 0.3 is 0 Å². The van der Waals surface area contributed by atoms with E-state index in [1.807, 2.05) is 21.3 Å². The molecule has 1 N–H and O–H groups in total. The summed E-state index contributed by atoms with van der Waals surface area (Å²) in [4.78, 5) is 0. The molecule has 0 spiro atoms. The minimum Gasteiger partial charge on any atom is -0.393 e. The molecule has 0 aromatic heterocycles. The van der Waals surface area contributed by atoms with E-state index in [0.717, 1.165) is 167 Å². The maximum atomic E-state index is 10.3. The standard InChI is InChI=1S/C30H52O.C30H50O.C28H48O.C27H48O/c2*1-8-22(17-20(2)3)18-21(4)26-11-12-27-25-10-9-23-19-24(31-7)13-15-29(23,5)28(25)14-16-30(26,27)6;1-19(2)8-7-9-20(3)24-12-13-25-23-11-10-21-18-22(29-6)14-16-27(21,4)26(23)15-17-28(24,25)5;1-18(2)7-6-8-19(3)23-11-12-24-22-10-9-20-17-21(28)13-15-26(20,4)25(22)14-16-27(23,24)5/h9,20-22,24-28H,8,10-19H2,1-7H3;9,18,20-21,24-28H,8,10-17,19H2,1-7H3;10,19-20,22-26H,7-9,11-18H2,1-6H3;18-25,28H,6-17H2,1-5H3/b;22-18-;;. The Morgan fingerprint density at radius 3 is 1.13 bits per heavy atom. The third-order valence-corrected chi connectivity index (χ3v) is 43.4. The molecule has 34 atom stereocenters. The molecular formula is C115H198O4. The smallest absolute Gasteiger partial charge is 0.0608 e. The number of rotatable bonds is 24. The van der Waals surface area contributed by atoms with Crippen molar-refractivity contribution >= 4 is 0 Å². The molecule has 4 heteroatoms. The molecule has 119 heavy (non-hydrogen) atoms. The van der Waals surface area contributed by atoms with E-state index in [1.54, 1.807) is 22.3 Å². The molecule has 0 aromatic carbocycles. The van der Waals surface area contributed by atoms with Gasteiger partial charge < -0.3 is 19.3 Å². The van der Waals surface area contributed by atoms with E-state index in [9.17, 15) is 5.11 Å². The van der Waals surface area contributed by atoms with Gasteiger partial charge in [-0.15, -0.1) is 0 Å². The molecule has 0 saturated heterocycles. The Balaban J connectivity index is 0.000000137. The lowest BCUT2D eigenvalue weighted by Crippen LogP contribution is -2.54. The first-order valence-electron chi connectivity index (χ1n) is 53.5. The van der Waals surface area contributed by atoms with Crippen LogP contribution in [0.2, 0.25) is 0 Å². The number of hydrogen-bond acceptors (Lipinski definition) is 4. The number of hydrogen-bond donors (Lipinski definition) is 1. The Kier molecular flexibility index (Phi) is 31.4. The molecule has 16 aliphatic rings. The fourth-order valence-electron chi connectivity index (χ4n) is 36.8. The summed E-state index contributed by atoms with van der Waals surface area (Å²) in [5.74, 6) is 23.8. The zero-order valence-corrected chi connectivity index (χ0v) is 83.4. The lowest BCUT2D eigenvalue weighted by molar-refractivity contribution is -0.129. The van der Waals surface area contributed by atoms with Crippen molar-refractivity contribution in [2.75, 3.05) is 21.3 Å². The number of aliphatic hydroxyl groups excluding tert-OH is 1. The van der Waals surface area contributed by atoms with Crippen LogP contribution >= 0.6 is 0 Å². The number of methoxy groups -OCH3 is 3. The van der Waals surface area contributed by atoms with Gasteiger partial charge in [-0.05, 0) is 435 Å². The van der Waals surface area contributed by atoms with Gasteiger partial charge in [0, 0.05) is 21.3 Å². The lowest BCUT2D eigenvalue weighted by Gasteiger charge is -2.61. The van der Waals surface area contributed by atoms with E-state index in [-0.39, 0.29) is 6.10 Å². The molecule has 13 fully saturated rings. The highest BCUT2D eigenvalue weighted by Crippen LogP contribution is 2.73. The highest BCUT2D eigenvalue weighted by molar-refractivity contribution is 5.29. The first-order chi connectivity index (χ1) is 56.5. The summed E-state index contributed by atoms with van der Waals surface area (Å²) in [6.45, 7) is 55.6. The summed E-state index contributed by atoms with van der Waals surface area (Å²) in [6, 6.07) is 0. The molecule has 0 heterocycles. The van der Waals surface area contributed by atoms with Gasteiger partial charge in [0.2, 0.25) is 0 Å². The van der Waals surface area contributed by atoms with E-state index in [1.165, 1.54) is 270 Å². The Bertz CT molecular complexity index is 3360. The average molecular weight is 1640 g/mol. The first kappa shape index (κ1) is 95.4. The summed E-state index contributed by atoms with van der Waals surface area (Å²) in [5, 5.41) is 10.3. The number of allylic oxidation sites excluding steroid dienone is 5. The van der Waals surface area contributed by atoms with E-state index in [4.69, 9.17) is 14.2 Å². The Morgan fingerprint density at radius 2 is 0.748 bits per heavy atom. The van der Waals surface area contributed by atoms with E-state index in [0.29, 0.717) is 61.6 Å². The molecule has 34 unspecified atom stereocenters. The van der Waals surface area contributed by atoms with E-state index in [2.05, 4.69) is 177 Å². The van der Waals surface area contributed by atoms with Crippen LogP contribution in [0, 0.1) is 197 Å². The van der Waals surface area contributed by atoms with Crippen LogP contribution in [0.25, 0.3) is 0 Å². The van der Waals surface area contributed by atoms with Gasteiger partial charge in [0.15, 0.2) is 0 Å². The van der Waals surface area contributed by atoms with Crippen molar-refractivity contribution in [3.63, 3.8) is 0 Å². The fourth-order valence-corrected chi connectivity index (χ4v) is 36.8. The van der Waals surface area contributed by atoms with Gasteiger partial charge in [-0.2, -0.15) is 0 Å². The van der Waals surface area contributed by atoms with Crippen LogP contribution in [0.3, 0.4) is 0 Å². The molecule has 4 nitrogen and oxygen atoms in total. The molecule has 0 radical (unpaired) electrons. The van der Waals surface area contributed by atoms with E-state index >= 15 is 0 Å². The summed E-state index contributed by atoms with van der Waals surface area (Å²) < 4.78 is 17.3. The minimum atomic E-state index is -0.00830. The van der Waals surface area contributed by atoms with Crippen LogP contribution in [0.1, 0.15) is 435 Å². The second-order valence-corrected chi connectivity index (χ2v) is 50.9. The fraction of sp³-hybridized carbons (Fsp3) is 0.930. The van der Waals surface area contributed by atoms with Crippen molar-refractivity contribution in [1.82, 2.24) is 0 Å². The molecule has 0 aromatic rings. The van der Waals surface area contributed by atoms with Crippen LogP contribution in [0.5, 0.6) is 0 Å². The van der Waals surface area contributed by atoms with Crippen molar-refractivity contribution in [2.45, 2.75) is 459 Å². The Hall–Kier alpha value is -1.20. The SMILES string of the molecule is CC(C)CCCC(C)C1CCC2C3CCC4CC(O)CCC4(C)C3CCC12C.CC/C(=C/C(C)C1CCC2C3CC=C4CC(OC)CCC4(C)C3CCC12C)CC(C)C.CCC(CC(C)C)CC(C)C1CCC2C3CC=C4CC(OC)CCC4(C)C3CCC12C.COC1CCC2(C)C(=CCC3C2CCC2(C)C(C(C)CCCC(C)C)CCC32)C1. The minimum absolute atomic E-state index is 0.00830. The van der Waals surface area contributed by atoms with Crippen molar-refractivity contribution in [2.24, 2.45) is 197 Å². The molecule has 0 aliphatic heterocycles. The predicted molar refractivity (Wildman–Crippen MR) is 509 cm³/mol. The molecule has 16 rings (SSSR count). The zero-order chi connectivity index (χ0) is 85.7. The summed E-state index contributed by atoms with van der Waals surface area (Å²) in [7, 11) is 5.73. The second kappa shape index (κ2) is 39.2. The van der Waals surface area contributed by atoms with Crippen LogP contribution in [0.15, 0.2) is 46.6 Å². The second-order valence-electron chi connectivity index (χ2n) is 50.9. The van der Waals surface area contributed by atoms with E-state index < -0.39 is 0 Å². The summed E-state index contributed by atoms with van der Waals surface area (Å²) >= 11 is 0. The third kappa shape index (κ3) is 19.0. The van der Waals surface area contributed by atoms with Gasteiger partial charge in [0.05, 0.1) is 24.4 Å². The van der Waals surface area contributed by atoms with Gasteiger partial charge in [0.1, 0.15) is 0 Å². The van der Waals surface area contributed by atoms with Gasteiger partial charge in [-0.3, -0.25) is 0 Å². The monoisotopic (exact) mass is 1640 g/mol. The molecule has 682 valence electrons. The quantitative estimate of drug-likeness (QED) is 0.0979. The largest absolute Gasteiger partial charge is 0.393 e. The van der Waals surface area contributed by atoms with Crippen molar-refractivity contribution in [3.8, 4) is 0 Å². The molecule has 0 bridgehead atoms. The highest BCUT2D eigenvalue weighted by atomic mass is 16.5. The maximum absolute atomic E-state index is 10.3. The molecule has 13 saturated carbocycles. The Morgan fingerprint density at radius 1 is 0.378 bits per heavy atom. The van der Waals surface area contributed by atoms with Gasteiger partial charge in [-0.25, -0.2) is 0 Å². The Labute approximate surface area is 739 Å². The summed E-state index contributed by atoms with van der Waals surface area (Å²) in [6.07, 6.45) is 73.2. The van der Waals surface area contributed by atoms with Crippen LogP contribution < -0.4 is 0 Å².